The molecule has 0 saturated heterocycles. The molecule has 0 amide bonds. The van der Waals surface area contributed by atoms with Gasteiger partial charge in [0.1, 0.15) is 11.6 Å². The minimum absolute atomic E-state index is 0.128. The van der Waals surface area contributed by atoms with Crippen molar-refractivity contribution in [2.45, 2.75) is 6.54 Å². The van der Waals surface area contributed by atoms with Crippen LogP contribution in [-0.2, 0) is 6.54 Å². The number of hydrogen-bond acceptors (Lipinski definition) is 3. The van der Waals surface area contributed by atoms with Crippen LogP contribution in [0.1, 0.15) is 5.56 Å². The van der Waals surface area contributed by atoms with Gasteiger partial charge in [-0.15, -0.1) is 0 Å². The van der Waals surface area contributed by atoms with Crippen LogP contribution in [0.5, 0.6) is 0 Å². The van der Waals surface area contributed by atoms with Crippen molar-refractivity contribution in [1.82, 2.24) is 9.55 Å². The summed E-state index contributed by atoms with van der Waals surface area (Å²) in [6, 6.07) is 5.57. The van der Waals surface area contributed by atoms with Gasteiger partial charge in [0.05, 0.1) is 11.0 Å². The highest BCUT2D eigenvalue weighted by Gasteiger charge is 2.17. The molecule has 0 N–H and O–H groups in total. The number of rotatable bonds is 2. The summed E-state index contributed by atoms with van der Waals surface area (Å²) in [5.74, 6) is -2.19. The molecule has 7 heteroatoms. The molecule has 0 fully saturated rings. The first-order valence-electron chi connectivity index (χ1n) is 5.64. The van der Waals surface area contributed by atoms with Crippen molar-refractivity contribution in [3.63, 3.8) is 0 Å². The molecule has 0 aliphatic rings. The molecule has 0 unspecified atom stereocenters. The highest BCUT2D eigenvalue weighted by molar-refractivity contribution is 9.10. The summed E-state index contributed by atoms with van der Waals surface area (Å²) in [6.07, 6.45) is 1.47. The molecule has 4 nitrogen and oxygen atoms in total. The molecule has 20 heavy (non-hydrogen) atoms. The summed E-state index contributed by atoms with van der Waals surface area (Å²) in [5, 5.41) is 0. The van der Waals surface area contributed by atoms with Crippen molar-refractivity contribution in [2.24, 2.45) is 0 Å². The number of nitrogens with zero attached hydrogens (tertiary/aromatic N) is 2. The molecule has 2 heterocycles. The summed E-state index contributed by atoms with van der Waals surface area (Å²) < 4.78 is 33.8. The molecule has 2 aromatic heterocycles. The van der Waals surface area contributed by atoms with Crippen molar-refractivity contribution in [2.75, 3.05) is 0 Å². The Bertz CT molecular complexity index is 857. The van der Waals surface area contributed by atoms with E-state index >= 15 is 0 Å². The molecule has 0 bridgehead atoms. The molecule has 3 aromatic rings. The molecule has 0 saturated carbocycles. The van der Waals surface area contributed by atoms with Crippen LogP contribution >= 0.6 is 15.9 Å². The fourth-order valence-corrected chi connectivity index (χ4v) is 2.28. The maximum atomic E-state index is 13.9. The van der Waals surface area contributed by atoms with Gasteiger partial charge in [-0.05, 0) is 40.2 Å². The van der Waals surface area contributed by atoms with Gasteiger partial charge < -0.3 is 4.42 Å². The zero-order valence-corrected chi connectivity index (χ0v) is 11.5. The van der Waals surface area contributed by atoms with Crippen LogP contribution in [0, 0.1) is 11.6 Å². The third kappa shape index (κ3) is 2.03. The van der Waals surface area contributed by atoms with Crippen LogP contribution < -0.4 is 5.76 Å². The predicted octanol–water partition coefficient (Wildman–Crippen LogP) is 3.08. The Kier molecular flexibility index (Phi) is 3.13. The summed E-state index contributed by atoms with van der Waals surface area (Å²) in [4.78, 5) is 15.7. The van der Waals surface area contributed by atoms with Gasteiger partial charge in [0, 0.05) is 11.8 Å². The van der Waals surface area contributed by atoms with E-state index in [0.29, 0.717) is 0 Å². The Morgan fingerprint density at radius 2 is 2.10 bits per heavy atom. The first-order valence-corrected chi connectivity index (χ1v) is 6.44. The quantitative estimate of drug-likeness (QED) is 0.673. The molecule has 0 aliphatic heterocycles. The number of oxazole rings is 1. The molecular weight excluding hydrogens is 334 g/mol. The lowest BCUT2D eigenvalue weighted by Crippen LogP contribution is -2.17. The summed E-state index contributed by atoms with van der Waals surface area (Å²) in [6.45, 7) is -0.292. The van der Waals surface area contributed by atoms with Gasteiger partial charge in [-0.25, -0.2) is 18.6 Å². The fraction of sp³-hybridized carbons (Fsp3) is 0.0769. The van der Waals surface area contributed by atoms with Crippen molar-refractivity contribution >= 4 is 27.2 Å². The van der Waals surface area contributed by atoms with Gasteiger partial charge in [-0.3, -0.25) is 4.57 Å². The Morgan fingerprint density at radius 3 is 2.90 bits per heavy atom. The highest BCUT2D eigenvalue weighted by atomic mass is 79.9. The zero-order valence-electron chi connectivity index (χ0n) is 9.94. The summed E-state index contributed by atoms with van der Waals surface area (Å²) in [7, 11) is 0. The Balaban J connectivity index is 2.18. The number of aromatic nitrogens is 2. The molecule has 0 radical (unpaired) electrons. The van der Waals surface area contributed by atoms with Gasteiger partial charge in [-0.1, -0.05) is 0 Å². The maximum absolute atomic E-state index is 13.9. The van der Waals surface area contributed by atoms with E-state index in [1.165, 1.54) is 12.3 Å². The fourth-order valence-electron chi connectivity index (χ4n) is 1.91. The van der Waals surface area contributed by atoms with Crippen LogP contribution in [0.25, 0.3) is 11.2 Å². The van der Waals surface area contributed by atoms with Crippen LogP contribution in [0.15, 0.2) is 44.1 Å². The van der Waals surface area contributed by atoms with Gasteiger partial charge in [0.15, 0.2) is 11.2 Å². The van der Waals surface area contributed by atoms with E-state index in [1.807, 2.05) is 0 Å². The Hall–Kier alpha value is -2.02. The van der Waals surface area contributed by atoms with Gasteiger partial charge >= 0.3 is 5.76 Å². The predicted molar refractivity (Wildman–Crippen MR) is 71.4 cm³/mol. The average Bonchev–Trinajstić information content (AvgIpc) is 2.75. The minimum Gasteiger partial charge on any atom is -0.406 e. The lowest BCUT2D eigenvalue weighted by molar-refractivity contribution is 0.498. The second-order valence-electron chi connectivity index (χ2n) is 4.10. The van der Waals surface area contributed by atoms with Crippen molar-refractivity contribution in [1.29, 1.82) is 0 Å². The topological polar surface area (TPSA) is 48.0 Å². The normalized spacial score (nSPS) is 11.2. The van der Waals surface area contributed by atoms with E-state index in [-0.39, 0.29) is 27.8 Å². The molecule has 102 valence electrons. The van der Waals surface area contributed by atoms with E-state index in [0.717, 1.165) is 10.6 Å². The van der Waals surface area contributed by atoms with Gasteiger partial charge in [0.2, 0.25) is 0 Å². The number of halogens is 3. The zero-order chi connectivity index (χ0) is 14.3. The van der Waals surface area contributed by atoms with Gasteiger partial charge in [-0.2, -0.15) is 0 Å². The van der Waals surface area contributed by atoms with Crippen LogP contribution in [0.3, 0.4) is 0 Å². The number of benzene rings is 1. The lowest BCUT2D eigenvalue weighted by Gasteiger charge is -2.06. The van der Waals surface area contributed by atoms with Crippen LogP contribution in [0.2, 0.25) is 0 Å². The maximum Gasteiger partial charge on any atom is 0.421 e. The summed E-state index contributed by atoms with van der Waals surface area (Å²) in [5.41, 5.74) is 0.291. The molecule has 1 aromatic carbocycles. The van der Waals surface area contributed by atoms with E-state index in [9.17, 15) is 13.6 Å². The highest BCUT2D eigenvalue weighted by Crippen LogP contribution is 2.23. The number of fused-ring (bicyclic) bond motifs is 1. The molecular formula is C13H7BrF2N2O2. The van der Waals surface area contributed by atoms with E-state index in [4.69, 9.17) is 4.42 Å². The molecule has 0 atom stereocenters. The molecule has 0 spiro atoms. The smallest absolute Gasteiger partial charge is 0.406 e. The third-order valence-corrected chi connectivity index (χ3v) is 3.49. The van der Waals surface area contributed by atoms with Crippen molar-refractivity contribution in [3.8, 4) is 0 Å². The molecule has 3 rings (SSSR count). The van der Waals surface area contributed by atoms with Gasteiger partial charge in [0.25, 0.3) is 0 Å². The Labute approximate surface area is 119 Å². The first-order chi connectivity index (χ1) is 9.58. The number of hydrogen-bond donors (Lipinski definition) is 0. The van der Waals surface area contributed by atoms with Crippen molar-refractivity contribution in [3.05, 3.63) is 62.7 Å². The first kappa shape index (κ1) is 13.0. The lowest BCUT2D eigenvalue weighted by atomic mass is 10.2. The van der Waals surface area contributed by atoms with E-state index in [2.05, 4.69) is 20.9 Å². The minimum atomic E-state index is -0.748. The largest absolute Gasteiger partial charge is 0.421 e. The number of pyridine rings is 1. The average molecular weight is 341 g/mol. The third-order valence-electron chi connectivity index (χ3n) is 2.88. The van der Waals surface area contributed by atoms with E-state index < -0.39 is 17.4 Å². The second kappa shape index (κ2) is 4.82. The standard InChI is InChI=1S/C13H7BrF2N2O2/c14-8-3-4-9(15)7(11(8)16)6-18-12-10(20-13(18)19)2-1-5-17-12/h1-5H,6H2. The van der Waals surface area contributed by atoms with Crippen LogP contribution in [-0.4, -0.2) is 9.55 Å². The van der Waals surface area contributed by atoms with Crippen LogP contribution in [0.4, 0.5) is 8.78 Å². The summed E-state index contributed by atoms with van der Waals surface area (Å²) >= 11 is 2.98. The monoisotopic (exact) mass is 340 g/mol. The molecule has 0 aliphatic carbocycles. The SMILES string of the molecule is O=c1oc2cccnc2n1Cc1c(F)ccc(Br)c1F. The second-order valence-corrected chi connectivity index (χ2v) is 4.96. The van der Waals surface area contributed by atoms with Crippen molar-refractivity contribution < 1.29 is 13.2 Å². The van der Waals surface area contributed by atoms with E-state index in [1.54, 1.807) is 12.1 Å². The Morgan fingerprint density at radius 1 is 1.30 bits per heavy atom.